The first-order valence-electron chi connectivity index (χ1n) is 6.51. The van der Waals surface area contributed by atoms with Crippen molar-refractivity contribution in [1.29, 1.82) is 5.26 Å². The summed E-state index contributed by atoms with van der Waals surface area (Å²) in [6.45, 7) is 0. The predicted molar refractivity (Wildman–Crippen MR) is 78.0 cm³/mol. The summed E-state index contributed by atoms with van der Waals surface area (Å²) in [5, 5.41) is 13.4. The summed E-state index contributed by atoms with van der Waals surface area (Å²) in [7, 11) is 0. The van der Waals surface area contributed by atoms with Crippen molar-refractivity contribution in [3.8, 4) is 23.0 Å². The smallest absolute Gasteiger partial charge is 0.149 e. The molecule has 3 rings (SSSR count). The zero-order valence-electron chi connectivity index (χ0n) is 11.6. The highest BCUT2D eigenvalue weighted by Gasteiger charge is 2.20. The highest BCUT2D eigenvalue weighted by molar-refractivity contribution is 5.73. The van der Waals surface area contributed by atoms with E-state index in [9.17, 15) is 18.4 Å². The highest BCUT2D eigenvalue weighted by atomic mass is 19.1. The third kappa shape index (κ3) is 2.51. The molecular weight excluding hydrogens is 305 g/mol. The minimum Gasteiger partial charge on any atom is -0.382 e. The summed E-state index contributed by atoms with van der Waals surface area (Å²) in [6, 6.07) is 9.96. The molecule has 3 aromatic rings. The van der Waals surface area contributed by atoms with Gasteiger partial charge in [-0.05, 0) is 36.4 Å². The summed E-state index contributed by atoms with van der Waals surface area (Å²) in [4.78, 5) is 0. The molecule has 2 N–H and O–H groups in total. The number of hydrogen-bond donors (Lipinski definition) is 1. The molecule has 0 saturated heterocycles. The molecule has 0 aliphatic rings. The molecule has 0 unspecified atom stereocenters. The molecule has 0 fully saturated rings. The van der Waals surface area contributed by atoms with Gasteiger partial charge in [0.2, 0.25) is 0 Å². The van der Waals surface area contributed by atoms with E-state index in [0.29, 0.717) is 5.56 Å². The van der Waals surface area contributed by atoms with Gasteiger partial charge >= 0.3 is 0 Å². The summed E-state index contributed by atoms with van der Waals surface area (Å²) in [5.74, 6) is -1.99. The van der Waals surface area contributed by atoms with E-state index in [-0.39, 0.29) is 22.8 Å². The van der Waals surface area contributed by atoms with E-state index in [1.807, 2.05) is 6.07 Å². The van der Waals surface area contributed by atoms with E-state index < -0.39 is 17.5 Å². The summed E-state index contributed by atoms with van der Waals surface area (Å²) < 4.78 is 41.3. The van der Waals surface area contributed by atoms with Crippen molar-refractivity contribution in [2.24, 2.45) is 0 Å². The molecule has 1 heterocycles. The number of halogens is 3. The Hall–Kier alpha value is -3.27. The summed E-state index contributed by atoms with van der Waals surface area (Å²) >= 11 is 0. The Balaban J connectivity index is 2.23. The minimum absolute atomic E-state index is 0.000249. The van der Waals surface area contributed by atoms with Crippen molar-refractivity contribution in [3.05, 3.63) is 65.5 Å². The molecule has 2 aromatic carbocycles. The van der Waals surface area contributed by atoms with E-state index in [1.165, 1.54) is 24.3 Å². The van der Waals surface area contributed by atoms with Gasteiger partial charge in [-0.1, -0.05) is 0 Å². The molecule has 0 radical (unpaired) electrons. The number of nitrogens with two attached hydrogens (primary N) is 1. The van der Waals surface area contributed by atoms with Gasteiger partial charge in [0, 0.05) is 11.6 Å². The molecule has 0 aliphatic carbocycles. The van der Waals surface area contributed by atoms with Crippen LogP contribution in [0.2, 0.25) is 0 Å². The van der Waals surface area contributed by atoms with Crippen LogP contribution in [-0.2, 0) is 0 Å². The maximum absolute atomic E-state index is 13.9. The van der Waals surface area contributed by atoms with E-state index in [1.54, 1.807) is 0 Å². The predicted octanol–water partition coefficient (Wildman–Crippen LogP) is 3.41. The number of nitrogen functional groups attached to an aromatic ring is 1. The second-order valence-corrected chi connectivity index (χ2v) is 4.74. The van der Waals surface area contributed by atoms with Crippen LogP contribution in [-0.4, -0.2) is 9.78 Å². The first-order chi connectivity index (χ1) is 11.0. The second kappa shape index (κ2) is 5.50. The van der Waals surface area contributed by atoms with Gasteiger partial charge in [-0.15, -0.1) is 0 Å². The van der Waals surface area contributed by atoms with Crippen LogP contribution in [0.15, 0.2) is 42.5 Å². The zero-order chi connectivity index (χ0) is 16.6. The van der Waals surface area contributed by atoms with Gasteiger partial charge in [0.25, 0.3) is 0 Å². The maximum atomic E-state index is 13.9. The van der Waals surface area contributed by atoms with Crippen molar-refractivity contribution in [3.63, 3.8) is 0 Å². The molecule has 1 aromatic heterocycles. The second-order valence-electron chi connectivity index (χ2n) is 4.74. The lowest BCUT2D eigenvalue weighted by atomic mass is 10.1. The molecule has 0 amide bonds. The zero-order valence-corrected chi connectivity index (χ0v) is 11.6. The van der Waals surface area contributed by atoms with Crippen LogP contribution in [0.5, 0.6) is 0 Å². The topological polar surface area (TPSA) is 67.6 Å². The number of nitrogens with zero attached hydrogens (tertiary/aromatic N) is 3. The largest absolute Gasteiger partial charge is 0.382 e. The minimum atomic E-state index is -0.740. The van der Waals surface area contributed by atoms with Crippen molar-refractivity contribution in [1.82, 2.24) is 9.78 Å². The van der Waals surface area contributed by atoms with Gasteiger partial charge in [0.05, 0.1) is 0 Å². The Morgan fingerprint density at radius 3 is 2.30 bits per heavy atom. The normalized spacial score (nSPS) is 10.5. The van der Waals surface area contributed by atoms with Crippen molar-refractivity contribution in [2.45, 2.75) is 0 Å². The van der Waals surface area contributed by atoms with Crippen LogP contribution >= 0.6 is 0 Å². The number of aromatic nitrogens is 2. The quantitative estimate of drug-likeness (QED) is 0.788. The van der Waals surface area contributed by atoms with Crippen LogP contribution in [0.3, 0.4) is 0 Å². The van der Waals surface area contributed by atoms with Crippen molar-refractivity contribution in [2.75, 3.05) is 5.73 Å². The fourth-order valence-electron chi connectivity index (χ4n) is 2.18. The molecule has 114 valence electrons. The Labute approximate surface area is 129 Å². The van der Waals surface area contributed by atoms with E-state index in [4.69, 9.17) is 5.73 Å². The molecule has 0 spiro atoms. The Morgan fingerprint density at radius 2 is 1.65 bits per heavy atom. The highest BCUT2D eigenvalue weighted by Crippen LogP contribution is 2.29. The fourth-order valence-corrected chi connectivity index (χ4v) is 2.18. The molecule has 0 atom stereocenters. The van der Waals surface area contributed by atoms with E-state index in [2.05, 4.69) is 5.10 Å². The Morgan fingerprint density at radius 1 is 1.00 bits per heavy atom. The van der Waals surface area contributed by atoms with Crippen LogP contribution in [0.1, 0.15) is 5.56 Å². The molecule has 7 heteroatoms. The number of hydrogen-bond acceptors (Lipinski definition) is 3. The van der Waals surface area contributed by atoms with Crippen LogP contribution < -0.4 is 5.73 Å². The molecule has 4 nitrogen and oxygen atoms in total. The van der Waals surface area contributed by atoms with E-state index in [0.717, 1.165) is 22.9 Å². The molecular formula is C16H9F3N4. The summed E-state index contributed by atoms with van der Waals surface area (Å²) in [5.41, 5.74) is 6.23. The van der Waals surface area contributed by atoms with Gasteiger partial charge in [-0.2, -0.15) is 10.4 Å². The lowest BCUT2D eigenvalue weighted by molar-refractivity contribution is 0.588. The Kier molecular flexibility index (Phi) is 3.50. The number of rotatable bonds is 2. The van der Waals surface area contributed by atoms with Crippen LogP contribution in [0, 0.1) is 28.8 Å². The first-order valence-corrected chi connectivity index (χ1v) is 6.51. The lowest BCUT2D eigenvalue weighted by Crippen LogP contribution is -2.05. The number of anilines is 1. The van der Waals surface area contributed by atoms with Gasteiger partial charge in [0.15, 0.2) is 0 Å². The van der Waals surface area contributed by atoms with E-state index >= 15 is 0 Å². The van der Waals surface area contributed by atoms with Gasteiger partial charge < -0.3 is 5.73 Å². The molecule has 0 aliphatic heterocycles. The third-order valence-electron chi connectivity index (χ3n) is 3.29. The van der Waals surface area contributed by atoms with Crippen LogP contribution in [0.4, 0.5) is 19.0 Å². The fraction of sp³-hybridized carbons (Fsp3) is 0. The van der Waals surface area contributed by atoms with Crippen molar-refractivity contribution < 1.29 is 13.2 Å². The molecule has 0 bridgehead atoms. The Bertz CT molecular complexity index is 924. The third-order valence-corrected chi connectivity index (χ3v) is 3.29. The average Bonchev–Trinajstić information content (AvgIpc) is 2.87. The molecule has 23 heavy (non-hydrogen) atoms. The number of benzene rings is 2. The standard InChI is InChI=1S/C16H9F3N4/c17-10-3-1-9(2-4-10)15-12(8-20)16(21)23(22-15)14-7-11(18)5-6-13(14)19/h1-7H,21H2. The average molecular weight is 314 g/mol. The monoisotopic (exact) mass is 314 g/mol. The maximum Gasteiger partial charge on any atom is 0.149 e. The number of nitriles is 1. The lowest BCUT2D eigenvalue weighted by Gasteiger charge is -2.05. The van der Waals surface area contributed by atoms with Gasteiger partial charge in [-0.25, -0.2) is 17.9 Å². The molecule has 0 saturated carbocycles. The van der Waals surface area contributed by atoms with Gasteiger partial charge in [-0.3, -0.25) is 0 Å². The SMILES string of the molecule is N#Cc1c(-c2ccc(F)cc2)nn(-c2cc(F)ccc2F)c1N. The van der Waals surface area contributed by atoms with Gasteiger partial charge in [0.1, 0.15) is 46.3 Å². The van der Waals surface area contributed by atoms with Crippen LogP contribution in [0.25, 0.3) is 16.9 Å². The summed E-state index contributed by atoms with van der Waals surface area (Å²) in [6.07, 6.45) is 0. The van der Waals surface area contributed by atoms with Crippen molar-refractivity contribution >= 4 is 5.82 Å². The first kappa shape index (κ1) is 14.7.